The van der Waals surface area contributed by atoms with Gasteiger partial charge in [-0.2, -0.15) is 5.10 Å². The van der Waals surface area contributed by atoms with Crippen LogP contribution in [-0.4, -0.2) is 9.78 Å². The molecular formula is C15H20BrN3. The maximum absolute atomic E-state index is 6.48. The maximum Gasteiger partial charge on any atom is 0.0742 e. The molecule has 1 heterocycles. The molecule has 0 aliphatic carbocycles. The van der Waals surface area contributed by atoms with Crippen molar-refractivity contribution in [2.75, 3.05) is 0 Å². The Hall–Kier alpha value is -1.13. The lowest BCUT2D eigenvalue weighted by Crippen LogP contribution is -2.20. The summed E-state index contributed by atoms with van der Waals surface area (Å²) in [7, 11) is 0. The van der Waals surface area contributed by atoms with Crippen LogP contribution in [0.2, 0.25) is 0 Å². The van der Waals surface area contributed by atoms with E-state index in [1.807, 2.05) is 10.9 Å². The molecule has 1 aromatic carbocycles. The van der Waals surface area contributed by atoms with Crippen molar-refractivity contribution in [1.29, 1.82) is 0 Å². The normalized spacial score (nSPS) is 13.0. The third kappa shape index (κ3) is 2.60. The molecule has 3 nitrogen and oxygen atoms in total. The Balaban J connectivity index is 2.53. The summed E-state index contributed by atoms with van der Waals surface area (Å²) >= 11 is 3.56. The molecule has 2 N–H and O–H groups in total. The van der Waals surface area contributed by atoms with Crippen molar-refractivity contribution < 1.29 is 0 Å². The van der Waals surface area contributed by atoms with Gasteiger partial charge in [-0.25, -0.2) is 0 Å². The highest BCUT2D eigenvalue weighted by atomic mass is 79.9. The van der Waals surface area contributed by atoms with Gasteiger partial charge in [0.1, 0.15) is 0 Å². The first kappa shape index (κ1) is 14.3. The van der Waals surface area contributed by atoms with E-state index in [4.69, 9.17) is 5.73 Å². The second-order valence-corrected chi connectivity index (χ2v) is 6.04. The van der Waals surface area contributed by atoms with Gasteiger partial charge in [0.15, 0.2) is 0 Å². The van der Waals surface area contributed by atoms with Gasteiger partial charge in [0.25, 0.3) is 0 Å². The summed E-state index contributed by atoms with van der Waals surface area (Å²) in [5, 5.41) is 4.40. The highest BCUT2D eigenvalue weighted by molar-refractivity contribution is 9.10. The lowest BCUT2D eigenvalue weighted by molar-refractivity contribution is 0.498. The fraction of sp³-hybridized carbons (Fsp3) is 0.400. The van der Waals surface area contributed by atoms with Crippen LogP contribution in [-0.2, 0) is 0 Å². The molecule has 4 heteroatoms. The molecule has 0 aliphatic rings. The van der Waals surface area contributed by atoms with Crippen LogP contribution in [0.5, 0.6) is 0 Å². The van der Waals surface area contributed by atoms with Gasteiger partial charge in [-0.3, -0.25) is 4.68 Å². The second-order valence-electron chi connectivity index (χ2n) is 5.18. The van der Waals surface area contributed by atoms with Crippen LogP contribution in [0.25, 0.3) is 0 Å². The smallest absolute Gasteiger partial charge is 0.0742 e. The molecule has 0 radical (unpaired) electrons. The van der Waals surface area contributed by atoms with E-state index in [1.54, 1.807) is 0 Å². The Kier molecular flexibility index (Phi) is 4.11. The van der Waals surface area contributed by atoms with Crippen LogP contribution < -0.4 is 5.73 Å². The molecule has 0 saturated carbocycles. The van der Waals surface area contributed by atoms with E-state index in [2.05, 4.69) is 66.9 Å². The van der Waals surface area contributed by atoms with Crippen molar-refractivity contribution in [2.24, 2.45) is 5.73 Å². The number of aromatic nitrogens is 2. The van der Waals surface area contributed by atoms with Gasteiger partial charge in [0.05, 0.1) is 22.4 Å². The molecule has 0 bridgehead atoms. The molecule has 19 heavy (non-hydrogen) atoms. The quantitative estimate of drug-likeness (QED) is 0.931. The third-order valence-electron chi connectivity index (χ3n) is 3.55. The lowest BCUT2D eigenvalue weighted by Gasteiger charge is -2.20. The van der Waals surface area contributed by atoms with Crippen LogP contribution in [0, 0.1) is 13.8 Å². The summed E-state index contributed by atoms with van der Waals surface area (Å²) in [5.41, 5.74) is 11.2. The number of benzene rings is 1. The minimum atomic E-state index is -0.167. The van der Waals surface area contributed by atoms with E-state index in [0.29, 0.717) is 0 Å². The van der Waals surface area contributed by atoms with E-state index < -0.39 is 0 Å². The SMILES string of the molecule is Cc1cccc(C(N)c2c(Br)cnn2C(C)C)c1C. The fourth-order valence-electron chi connectivity index (χ4n) is 2.31. The lowest BCUT2D eigenvalue weighted by atomic mass is 9.96. The number of aryl methyl sites for hydroxylation is 1. The first-order valence-electron chi connectivity index (χ1n) is 6.48. The average molecular weight is 322 g/mol. The van der Waals surface area contributed by atoms with Crippen LogP contribution in [0.4, 0.5) is 0 Å². The Morgan fingerprint density at radius 1 is 1.26 bits per heavy atom. The highest BCUT2D eigenvalue weighted by Crippen LogP contribution is 2.30. The molecule has 0 spiro atoms. The van der Waals surface area contributed by atoms with Crippen LogP contribution in [0.15, 0.2) is 28.9 Å². The summed E-state index contributed by atoms with van der Waals surface area (Å²) in [6.45, 7) is 8.45. The summed E-state index contributed by atoms with van der Waals surface area (Å²) in [4.78, 5) is 0. The zero-order chi connectivity index (χ0) is 14.2. The van der Waals surface area contributed by atoms with Gasteiger partial charge in [0.2, 0.25) is 0 Å². The molecule has 1 aromatic heterocycles. The zero-order valence-corrected chi connectivity index (χ0v) is 13.4. The number of hydrogen-bond donors (Lipinski definition) is 1. The van der Waals surface area contributed by atoms with Crippen molar-refractivity contribution in [3.63, 3.8) is 0 Å². The Labute approximate surface area is 122 Å². The van der Waals surface area contributed by atoms with Crippen LogP contribution in [0.3, 0.4) is 0 Å². The molecule has 0 amide bonds. The molecule has 0 aliphatic heterocycles. The first-order chi connectivity index (χ1) is 8.93. The molecule has 1 unspecified atom stereocenters. The topological polar surface area (TPSA) is 43.8 Å². The number of rotatable bonds is 3. The van der Waals surface area contributed by atoms with Gasteiger partial charge in [0, 0.05) is 6.04 Å². The first-order valence-corrected chi connectivity index (χ1v) is 7.27. The Morgan fingerprint density at radius 3 is 2.58 bits per heavy atom. The number of hydrogen-bond acceptors (Lipinski definition) is 2. The van der Waals surface area contributed by atoms with E-state index in [0.717, 1.165) is 15.7 Å². The molecule has 102 valence electrons. The molecule has 1 atom stereocenters. The number of nitrogens with zero attached hydrogens (tertiary/aromatic N) is 2. The predicted molar refractivity (Wildman–Crippen MR) is 82.3 cm³/mol. The van der Waals surface area contributed by atoms with Gasteiger partial charge >= 0.3 is 0 Å². The molecular weight excluding hydrogens is 302 g/mol. The van der Waals surface area contributed by atoms with Crippen molar-refractivity contribution in [2.45, 2.75) is 39.8 Å². The summed E-state index contributed by atoms with van der Waals surface area (Å²) in [6, 6.07) is 6.38. The van der Waals surface area contributed by atoms with Crippen molar-refractivity contribution in [3.05, 3.63) is 51.3 Å². The van der Waals surface area contributed by atoms with Gasteiger partial charge in [-0.05, 0) is 60.3 Å². The average Bonchev–Trinajstić information content (AvgIpc) is 2.74. The van der Waals surface area contributed by atoms with Crippen molar-refractivity contribution >= 4 is 15.9 Å². The molecule has 2 rings (SSSR count). The standard InChI is InChI=1S/C15H20BrN3/c1-9(2)19-15(13(16)8-18-19)14(17)12-7-5-6-10(3)11(12)4/h5-9,14H,17H2,1-4H3. The van der Waals surface area contributed by atoms with Crippen molar-refractivity contribution in [3.8, 4) is 0 Å². The molecule has 2 aromatic rings. The largest absolute Gasteiger partial charge is 0.319 e. The monoisotopic (exact) mass is 321 g/mol. The zero-order valence-electron chi connectivity index (χ0n) is 11.8. The third-order valence-corrected chi connectivity index (χ3v) is 4.16. The minimum Gasteiger partial charge on any atom is -0.319 e. The summed E-state index contributed by atoms with van der Waals surface area (Å²) in [6.07, 6.45) is 1.82. The van der Waals surface area contributed by atoms with Crippen molar-refractivity contribution in [1.82, 2.24) is 9.78 Å². The number of nitrogens with two attached hydrogens (primary N) is 1. The fourth-order valence-corrected chi connectivity index (χ4v) is 2.83. The van der Waals surface area contributed by atoms with Gasteiger partial charge < -0.3 is 5.73 Å². The van der Waals surface area contributed by atoms with E-state index in [1.165, 1.54) is 11.1 Å². The molecule has 0 saturated heterocycles. The van der Waals surface area contributed by atoms with Gasteiger partial charge in [-0.1, -0.05) is 18.2 Å². The van der Waals surface area contributed by atoms with Gasteiger partial charge in [-0.15, -0.1) is 0 Å². The number of halogens is 1. The van der Waals surface area contributed by atoms with E-state index >= 15 is 0 Å². The van der Waals surface area contributed by atoms with E-state index in [9.17, 15) is 0 Å². The Morgan fingerprint density at radius 2 is 1.95 bits per heavy atom. The summed E-state index contributed by atoms with van der Waals surface area (Å²) in [5.74, 6) is 0. The molecule has 0 fully saturated rings. The second kappa shape index (κ2) is 5.47. The van der Waals surface area contributed by atoms with Crippen LogP contribution in [0.1, 0.15) is 48.3 Å². The highest BCUT2D eigenvalue weighted by Gasteiger charge is 2.21. The van der Waals surface area contributed by atoms with E-state index in [-0.39, 0.29) is 12.1 Å². The maximum atomic E-state index is 6.48. The predicted octanol–water partition coefficient (Wildman–Crippen LogP) is 3.89. The van der Waals surface area contributed by atoms with Crippen LogP contribution >= 0.6 is 15.9 Å². The Bertz CT molecular complexity index is 587. The minimum absolute atomic E-state index is 0.167. The summed E-state index contributed by atoms with van der Waals surface area (Å²) < 4.78 is 2.95.